The molecule has 3 rings (SSSR count). The molecule has 20 heavy (non-hydrogen) atoms. The predicted octanol–water partition coefficient (Wildman–Crippen LogP) is 2.13. The van der Waals surface area contributed by atoms with Gasteiger partial charge in [-0.05, 0) is 30.3 Å². The van der Waals surface area contributed by atoms with Crippen LogP contribution in [0.15, 0.2) is 42.7 Å². The number of hydrogen-bond donors (Lipinski definition) is 1. The van der Waals surface area contributed by atoms with Crippen molar-refractivity contribution in [3.8, 4) is 0 Å². The summed E-state index contributed by atoms with van der Waals surface area (Å²) in [6.07, 6.45) is 3.49. The zero-order valence-electron chi connectivity index (χ0n) is 11.2. The van der Waals surface area contributed by atoms with Crippen LogP contribution < -0.4 is 15.5 Å². The third-order valence-electron chi connectivity index (χ3n) is 3.58. The first-order valence-electron chi connectivity index (χ1n) is 6.68. The molecule has 1 fully saturated rings. The number of rotatable bonds is 2. The largest absolute Gasteiger partial charge is 0.397 e. The van der Waals surface area contributed by atoms with Crippen LogP contribution in [-0.4, -0.2) is 31.2 Å². The van der Waals surface area contributed by atoms with Gasteiger partial charge in [-0.1, -0.05) is 0 Å². The molecule has 1 aliphatic rings. The molecule has 1 aromatic heterocycles. The molecular formula is C15H17FN4. The fraction of sp³-hybridized carbons (Fsp3) is 0.267. The van der Waals surface area contributed by atoms with Crippen molar-refractivity contribution >= 4 is 17.1 Å². The highest BCUT2D eigenvalue weighted by atomic mass is 19.1. The lowest BCUT2D eigenvalue weighted by atomic mass is 10.2. The monoisotopic (exact) mass is 272 g/mol. The Balaban J connectivity index is 1.66. The van der Waals surface area contributed by atoms with Crippen LogP contribution in [0.2, 0.25) is 0 Å². The lowest BCUT2D eigenvalue weighted by Gasteiger charge is -2.37. The number of hydrogen-bond acceptors (Lipinski definition) is 4. The SMILES string of the molecule is Nc1cncc(N2CCN(c3ccc(F)cc3)CC2)c1. The van der Waals surface area contributed by atoms with Crippen LogP contribution in [0.25, 0.3) is 0 Å². The van der Waals surface area contributed by atoms with Crippen molar-refractivity contribution in [1.82, 2.24) is 4.98 Å². The van der Waals surface area contributed by atoms with E-state index in [4.69, 9.17) is 5.73 Å². The number of aromatic nitrogens is 1. The highest BCUT2D eigenvalue weighted by Gasteiger charge is 2.17. The van der Waals surface area contributed by atoms with Crippen LogP contribution in [0.1, 0.15) is 0 Å². The Labute approximate surface area is 117 Å². The number of nitrogens with two attached hydrogens (primary N) is 1. The standard InChI is InChI=1S/C15H17FN4/c16-12-1-3-14(4-2-12)19-5-7-20(8-6-19)15-9-13(17)10-18-11-15/h1-4,9-11H,5-8,17H2. The lowest BCUT2D eigenvalue weighted by Crippen LogP contribution is -2.46. The van der Waals surface area contributed by atoms with Gasteiger partial charge in [0.05, 0.1) is 17.6 Å². The third kappa shape index (κ3) is 2.66. The average Bonchev–Trinajstić information content (AvgIpc) is 2.48. The number of halogens is 1. The number of nitrogens with zero attached hydrogens (tertiary/aromatic N) is 3. The van der Waals surface area contributed by atoms with Crippen LogP contribution in [0.5, 0.6) is 0 Å². The fourth-order valence-corrected chi connectivity index (χ4v) is 2.49. The van der Waals surface area contributed by atoms with Gasteiger partial charge in [0.2, 0.25) is 0 Å². The van der Waals surface area contributed by atoms with E-state index >= 15 is 0 Å². The summed E-state index contributed by atoms with van der Waals surface area (Å²) in [4.78, 5) is 8.65. The summed E-state index contributed by atoms with van der Waals surface area (Å²) in [5.74, 6) is -0.196. The second-order valence-corrected chi connectivity index (χ2v) is 4.93. The van der Waals surface area contributed by atoms with Gasteiger partial charge in [-0.3, -0.25) is 4.98 Å². The van der Waals surface area contributed by atoms with Crippen LogP contribution in [0, 0.1) is 5.82 Å². The lowest BCUT2D eigenvalue weighted by molar-refractivity contribution is 0.624. The maximum Gasteiger partial charge on any atom is 0.123 e. The molecule has 2 heterocycles. The van der Waals surface area contributed by atoms with E-state index in [0.29, 0.717) is 5.69 Å². The molecule has 1 aromatic carbocycles. The summed E-state index contributed by atoms with van der Waals surface area (Å²) in [6.45, 7) is 3.62. The maximum atomic E-state index is 12.9. The van der Waals surface area contributed by atoms with Gasteiger partial charge in [-0.2, -0.15) is 0 Å². The van der Waals surface area contributed by atoms with Gasteiger partial charge in [0.15, 0.2) is 0 Å². The minimum atomic E-state index is -0.196. The summed E-state index contributed by atoms with van der Waals surface area (Å²) in [7, 11) is 0. The number of piperazine rings is 1. The fourth-order valence-electron chi connectivity index (χ4n) is 2.49. The van der Waals surface area contributed by atoms with Crippen molar-refractivity contribution in [3.05, 3.63) is 48.5 Å². The topological polar surface area (TPSA) is 45.4 Å². The Bertz CT molecular complexity index is 577. The Hall–Kier alpha value is -2.30. The number of pyridine rings is 1. The van der Waals surface area contributed by atoms with Crippen molar-refractivity contribution in [3.63, 3.8) is 0 Å². The summed E-state index contributed by atoms with van der Waals surface area (Å²) < 4.78 is 12.9. The van der Waals surface area contributed by atoms with E-state index in [1.165, 1.54) is 12.1 Å². The Kier molecular flexibility index (Phi) is 3.41. The minimum absolute atomic E-state index is 0.196. The summed E-state index contributed by atoms with van der Waals surface area (Å²) in [5.41, 5.74) is 8.57. The molecule has 0 radical (unpaired) electrons. The van der Waals surface area contributed by atoms with Crippen molar-refractivity contribution in [2.24, 2.45) is 0 Å². The molecule has 5 heteroatoms. The van der Waals surface area contributed by atoms with Gasteiger partial charge >= 0.3 is 0 Å². The van der Waals surface area contributed by atoms with Gasteiger partial charge in [-0.25, -0.2) is 4.39 Å². The van der Waals surface area contributed by atoms with E-state index in [1.54, 1.807) is 6.20 Å². The molecule has 0 atom stereocenters. The molecule has 1 saturated heterocycles. The first-order chi connectivity index (χ1) is 9.72. The van der Waals surface area contributed by atoms with Gasteiger partial charge in [0.1, 0.15) is 5.82 Å². The first-order valence-corrected chi connectivity index (χ1v) is 6.68. The Morgan fingerprint density at radius 2 is 1.50 bits per heavy atom. The van der Waals surface area contributed by atoms with Gasteiger partial charge in [-0.15, -0.1) is 0 Å². The zero-order chi connectivity index (χ0) is 13.9. The van der Waals surface area contributed by atoms with E-state index < -0.39 is 0 Å². The first kappa shape index (κ1) is 12.7. The molecule has 1 aliphatic heterocycles. The average molecular weight is 272 g/mol. The smallest absolute Gasteiger partial charge is 0.123 e. The highest BCUT2D eigenvalue weighted by Crippen LogP contribution is 2.21. The van der Waals surface area contributed by atoms with Gasteiger partial charge in [0.25, 0.3) is 0 Å². The van der Waals surface area contributed by atoms with E-state index in [9.17, 15) is 4.39 Å². The summed E-state index contributed by atoms with van der Waals surface area (Å²) >= 11 is 0. The highest BCUT2D eigenvalue weighted by molar-refractivity contribution is 5.55. The zero-order valence-corrected chi connectivity index (χ0v) is 11.2. The molecule has 2 N–H and O–H groups in total. The summed E-state index contributed by atoms with van der Waals surface area (Å²) in [6, 6.07) is 8.60. The second kappa shape index (κ2) is 5.36. The Morgan fingerprint density at radius 1 is 0.900 bits per heavy atom. The molecule has 0 saturated carbocycles. The number of anilines is 3. The normalized spacial score (nSPS) is 15.4. The van der Waals surface area contributed by atoms with E-state index in [-0.39, 0.29) is 5.82 Å². The van der Waals surface area contributed by atoms with Gasteiger partial charge < -0.3 is 15.5 Å². The van der Waals surface area contributed by atoms with Crippen molar-refractivity contribution in [1.29, 1.82) is 0 Å². The van der Waals surface area contributed by atoms with Crippen molar-refractivity contribution in [2.75, 3.05) is 41.7 Å². The van der Waals surface area contributed by atoms with Crippen LogP contribution >= 0.6 is 0 Å². The van der Waals surface area contributed by atoms with E-state index in [0.717, 1.165) is 37.6 Å². The predicted molar refractivity (Wildman–Crippen MR) is 79.5 cm³/mol. The quantitative estimate of drug-likeness (QED) is 0.909. The van der Waals surface area contributed by atoms with E-state index in [2.05, 4.69) is 14.8 Å². The van der Waals surface area contributed by atoms with Crippen molar-refractivity contribution < 1.29 is 4.39 Å². The molecule has 0 amide bonds. The Morgan fingerprint density at radius 3 is 2.10 bits per heavy atom. The summed E-state index contributed by atoms with van der Waals surface area (Å²) in [5, 5.41) is 0. The van der Waals surface area contributed by atoms with Crippen LogP contribution in [0.3, 0.4) is 0 Å². The number of benzene rings is 1. The molecule has 0 unspecified atom stereocenters. The minimum Gasteiger partial charge on any atom is -0.397 e. The van der Waals surface area contributed by atoms with E-state index in [1.807, 2.05) is 24.4 Å². The van der Waals surface area contributed by atoms with Crippen LogP contribution in [-0.2, 0) is 0 Å². The van der Waals surface area contributed by atoms with Gasteiger partial charge in [0, 0.05) is 38.1 Å². The number of nitrogen functional groups attached to an aromatic ring is 1. The molecule has 104 valence electrons. The molecular weight excluding hydrogens is 255 g/mol. The van der Waals surface area contributed by atoms with Crippen LogP contribution in [0.4, 0.5) is 21.5 Å². The molecule has 0 bridgehead atoms. The molecule has 2 aromatic rings. The third-order valence-corrected chi connectivity index (χ3v) is 3.58. The van der Waals surface area contributed by atoms with Crippen molar-refractivity contribution in [2.45, 2.75) is 0 Å². The molecule has 0 aliphatic carbocycles. The maximum absolute atomic E-state index is 12.9. The second-order valence-electron chi connectivity index (χ2n) is 4.93. The molecule has 0 spiro atoms. The molecule has 4 nitrogen and oxygen atoms in total.